The minimum absolute atomic E-state index is 0.0671. The highest BCUT2D eigenvalue weighted by Crippen LogP contribution is 2.20. The van der Waals surface area contributed by atoms with Crippen molar-refractivity contribution in [2.75, 3.05) is 0 Å². The molecule has 20 heavy (non-hydrogen) atoms. The van der Waals surface area contributed by atoms with Gasteiger partial charge in [-0.1, -0.05) is 48.0 Å². The maximum absolute atomic E-state index is 13.8. The van der Waals surface area contributed by atoms with E-state index in [1.807, 2.05) is 12.1 Å². The van der Waals surface area contributed by atoms with Gasteiger partial charge in [-0.2, -0.15) is 0 Å². The Kier molecular flexibility index (Phi) is 5.16. The van der Waals surface area contributed by atoms with Gasteiger partial charge in [-0.15, -0.1) is 0 Å². The van der Waals surface area contributed by atoms with Crippen molar-refractivity contribution in [1.82, 2.24) is 0 Å². The zero-order valence-electron chi connectivity index (χ0n) is 11.6. The van der Waals surface area contributed by atoms with Crippen molar-refractivity contribution in [2.45, 2.75) is 32.2 Å². The molecular weight excluding hydrogens is 273 g/mol. The summed E-state index contributed by atoms with van der Waals surface area (Å²) in [6.07, 6.45) is 2.26. The molecular formula is C17H19ClFN. The summed E-state index contributed by atoms with van der Waals surface area (Å²) < 4.78 is 13.8. The molecule has 0 aliphatic carbocycles. The van der Waals surface area contributed by atoms with Crippen LogP contribution < -0.4 is 5.73 Å². The highest BCUT2D eigenvalue weighted by molar-refractivity contribution is 6.30. The van der Waals surface area contributed by atoms with Gasteiger partial charge in [-0.3, -0.25) is 0 Å². The highest BCUT2D eigenvalue weighted by atomic mass is 35.5. The van der Waals surface area contributed by atoms with Gasteiger partial charge in [0.25, 0.3) is 0 Å². The minimum Gasteiger partial charge on any atom is -0.327 e. The molecule has 0 bridgehead atoms. The number of halogens is 2. The van der Waals surface area contributed by atoms with E-state index >= 15 is 0 Å². The largest absolute Gasteiger partial charge is 0.327 e. The molecule has 3 heteroatoms. The van der Waals surface area contributed by atoms with Crippen molar-refractivity contribution < 1.29 is 4.39 Å². The quantitative estimate of drug-likeness (QED) is 0.874. The first-order chi connectivity index (χ1) is 9.58. The third kappa shape index (κ3) is 3.81. The van der Waals surface area contributed by atoms with Crippen molar-refractivity contribution in [3.05, 3.63) is 70.0 Å². The maximum Gasteiger partial charge on any atom is 0.145 e. The topological polar surface area (TPSA) is 26.0 Å². The lowest BCUT2D eigenvalue weighted by Crippen LogP contribution is -2.24. The van der Waals surface area contributed by atoms with E-state index in [-0.39, 0.29) is 16.9 Å². The number of hydrogen-bond donors (Lipinski definition) is 1. The molecule has 0 aromatic heterocycles. The lowest BCUT2D eigenvalue weighted by atomic mass is 9.97. The van der Waals surface area contributed by atoms with E-state index < -0.39 is 0 Å². The van der Waals surface area contributed by atoms with Crippen LogP contribution in [0.2, 0.25) is 5.02 Å². The second kappa shape index (κ2) is 6.87. The number of hydrogen-bond acceptors (Lipinski definition) is 1. The summed E-state index contributed by atoms with van der Waals surface area (Å²) in [5.74, 6) is -0.347. The summed E-state index contributed by atoms with van der Waals surface area (Å²) in [5, 5.41) is 0.161. The number of benzene rings is 2. The zero-order valence-corrected chi connectivity index (χ0v) is 12.3. The first kappa shape index (κ1) is 15.0. The molecule has 1 atom stereocenters. The van der Waals surface area contributed by atoms with Crippen LogP contribution >= 0.6 is 11.6 Å². The average Bonchev–Trinajstić information content (AvgIpc) is 2.43. The Bertz CT molecular complexity index is 583. The molecule has 1 unspecified atom stereocenters. The molecule has 2 N–H and O–H groups in total. The first-order valence-electron chi connectivity index (χ1n) is 6.81. The van der Waals surface area contributed by atoms with E-state index in [9.17, 15) is 4.39 Å². The summed E-state index contributed by atoms with van der Waals surface area (Å²) in [6, 6.07) is 13.3. The van der Waals surface area contributed by atoms with Gasteiger partial charge in [0, 0.05) is 6.04 Å². The van der Waals surface area contributed by atoms with Crippen LogP contribution in [0.3, 0.4) is 0 Å². The van der Waals surface area contributed by atoms with Crippen LogP contribution in [0.4, 0.5) is 4.39 Å². The van der Waals surface area contributed by atoms with Gasteiger partial charge in [-0.25, -0.2) is 4.39 Å². The lowest BCUT2D eigenvalue weighted by molar-refractivity contribution is 0.566. The summed E-state index contributed by atoms with van der Waals surface area (Å²) in [7, 11) is 0. The molecule has 0 saturated heterocycles. The van der Waals surface area contributed by atoms with Crippen LogP contribution in [0, 0.1) is 12.7 Å². The van der Waals surface area contributed by atoms with Gasteiger partial charge in [0.05, 0.1) is 5.02 Å². The fourth-order valence-electron chi connectivity index (χ4n) is 2.32. The Balaban J connectivity index is 1.94. The van der Waals surface area contributed by atoms with E-state index in [2.05, 4.69) is 19.1 Å². The van der Waals surface area contributed by atoms with Gasteiger partial charge >= 0.3 is 0 Å². The van der Waals surface area contributed by atoms with E-state index in [0.717, 1.165) is 12.8 Å². The Morgan fingerprint density at radius 2 is 1.80 bits per heavy atom. The summed E-state index contributed by atoms with van der Waals surface area (Å²) in [4.78, 5) is 0. The van der Waals surface area contributed by atoms with E-state index in [1.54, 1.807) is 18.2 Å². The van der Waals surface area contributed by atoms with Crippen LogP contribution in [0.25, 0.3) is 0 Å². The Labute approximate surface area is 124 Å². The van der Waals surface area contributed by atoms with Crippen LogP contribution in [0.15, 0.2) is 42.5 Å². The van der Waals surface area contributed by atoms with Gasteiger partial charge < -0.3 is 5.73 Å². The van der Waals surface area contributed by atoms with Crippen molar-refractivity contribution in [3.8, 4) is 0 Å². The molecule has 2 aromatic rings. The van der Waals surface area contributed by atoms with Crippen LogP contribution in [0.5, 0.6) is 0 Å². The second-order valence-electron chi connectivity index (χ2n) is 5.14. The molecule has 0 heterocycles. The Morgan fingerprint density at radius 1 is 1.10 bits per heavy atom. The van der Waals surface area contributed by atoms with E-state index in [4.69, 9.17) is 17.3 Å². The molecule has 0 amide bonds. The third-order valence-electron chi connectivity index (χ3n) is 3.56. The predicted octanol–water partition coefficient (Wildman–Crippen LogP) is 4.29. The second-order valence-corrected chi connectivity index (χ2v) is 5.55. The average molecular weight is 292 g/mol. The van der Waals surface area contributed by atoms with Crippen LogP contribution in [-0.2, 0) is 12.8 Å². The number of rotatable bonds is 5. The molecule has 2 aromatic carbocycles. The SMILES string of the molecule is Cc1ccccc1CCC(N)Cc1cccc(Cl)c1F. The molecule has 0 aliphatic rings. The van der Waals surface area contributed by atoms with Gasteiger partial charge in [0.15, 0.2) is 0 Å². The molecule has 0 radical (unpaired) electrons. The smallest absolute Gasteiger partial charge is 0.145 e. The monoisotopic (exact) mass is 291 g/mol. The highest BCUT2D eigenvalue weighted by Gasteiger charge is 2.11. The normalized spacial score (nSPS) is 12.4. The molecule has 0 aliphatic heterocycles. The number of aryl methyl sites for hydroxylation is 2. The fourth-order valence-corrected chi connectivity index (χ4v) is 2.52. The minimum atomic E-state index is -0.347. The summed E-state index contributed by atoms with van der Waals surface area (Å²) >= 11 is 5.78. The Hall–Kier alpha value is -1.38. The van der Waals surface area contributed by atoms with Gasteiger partial charge in [-0.05, 0) is 48.9 Å². The van der Waals surface area contributed by atoms with Crippen molar-refractivity contribution in [3.63, 3.8) is 0 Å². The molecule has 2 rings (SSSR count). The van der Waals surface area contributed by atoms with Crippen molar-refractivity contribution in [2.24, 2.45) is 5.73 Å². The number of nitrogens with two attached hydrogens (primary N) is 1. The molecule has 0 spiro atoms. The first-order valence-corrected chi connectivity index (χ1v) is 7.18. The van der Waals surface area contributed by atoms with Crippen LogP contribution in [-0.4, -0.2) is 6.04 Å². The molecule has 0 fully saturated rings. The van der Waals surface area contributed by atoms with Crippen LogP contribution in [0.1, 0.15) is 23.1 Å². The predicted molar refractivity (Wildman–Crippen MR) is 82.6 cm³/mol. The summed E-state index contributed by atoms with van der Waals surface area (Å²) in [6.45, 7) is 2.09. The zero-order chi connectivity index (χ0) is 14.5. The van der Waals surface area contributed by atoms with Crippen molar-refractivity contribution in [1.29, 1.82) is 0 Å². The summed E-state index contributed by atoms with van der Waals surface area (Å²) in [5.41, 5.74) is 9.28. The van der Waals surface area contributed by atoms with Crippen molar-refractivity contribution >= 4 is 11.6 Å². The lowest BCUT2D eigenvalue weighted by Gasteiger charge is -2.13. The standard InChI is InChI=1S/C17H19ClFN/c1-12-5-2-3-6-13(12)9-10-15(20)11-14-7-4-8-16(18)17(14)19/h2-8,15H,9-11,20H2,1H3. The third-order valence-corrected chi connectivity index (χ3v) is 3.85. The van der Waals surface area contributed by atoms with E-state index in [1.165, 1.54) is 11.1 Å². The Morgan fingerprint density at radius 3 is 2.55 bits per heavy atom. The molecule has 1 nitrogen and oxygen atoms in total. The van der Waals surface area contributed by atoms with Gasteiger partial charge in [0.1, 0.15) is 5.82 Å². The maximum atomic E-state index is 13.8. The molecule has 0 saturated carbocycles. The van der Waals surface area contributed by atoms with E-state index in [0.29, 0.717) is 12.0 Å². The molecule has 106 valence electrons. The van der Waals surface area contributed by atoms with Gasteiger partial charge in [0.2, 0.25) is 0 Å². The fraction of sp³-hybridized carbons (Fsp3) is 0.294.